The Morgan fingerprint density at radius 2 is 1.69 bits per heavy atom. The second kappa shape index (κ2) is 7.58. The highest BCUT2D eigenvalue weighted by Gasteiger charge is 2.28. The standard InChI is InChI=1S/C22H24N4O3/c1-3-26-20-17(10-9-15(2)23-20)19(18(21(26)27)22(28)29)25-13-11-24(12-14-25)16-7-5-4-6-8-16/h4-10H,3,11-14H2,1-2H3,(H,28,29). The summed E-state index contributed by atoms with van der Waals surface area (Å²) in [5.74, 6) is -1.19. The molecule has 0 bridgehead atoms. The van der Waals surface area contributed by atoms with Gasteiger partial charge in [-0.3, -0.25) is 9.36 Å². The van der Waals surface area contributed by atoms with Gasteiger partial charge < -0.3 is 14.9 Å². The second-order valence-electron chi connectivity index (χ2n) is 7.21. The number of anilines is 2. The van der Waals surface area contributed by atoms with Crippen molar-refractivity contribution in [3.05, 3.63) is 64.1 Å². The first-order chi connectivity index (χ1) is 14.0. The minimum atomic E-state index is -1.19. The zero-order valence-electron chi connectivity index (χ0n) is 16.6. The molecule has 7 nitrogen and oxygen atoms in total. The molecule has 1 aromatic carbocycles. The van der Waals surface area contributed by atoms with Crippen molar-refractivity contribution in [3.8, 4) is 0 Å². The fourth-order valence-corrected chi connectivity index (χ4v) is 4.04. The number of benzene rings is 1. The topological polar surface area (TPSA) is 78.7 Å². The molecule has 0 atom stereocenters. The summed E-state index contributed by atoms with van der Waals surface area (Å²) in [6.45, 7) is 6.83. The van der Waals surface area contributed by atoms with Gasteiger partial charge in [0.05, 0.1) is 5.69 Å². The van der Waals surface area contributed by atoms with Gasteiger partial charge in [0.25, 0.3) is 5.56 Å². The first kappa shape index (κ1) is 19.0. The molecule has 3 heterocycles. The summed E-state index contributed by atoms with van der Waals surface area (Å²) < 4.78 is 1.45. The molecule has 0 saturated carbocycles. The third-order valence-corrected chi connectivity index (χ3v) is 5.47. The fourth-order valence-electron chi connectivity index (χ4n) is 4.04. The van der Waals surface area contributed by atoms with Crippen molar-refractivity contribution < 1.29 is 9.90 Å². The van der Waals surface area contributed by atoms with Gasteiger partial charge in [-0.05, 0) is 38.1 Å². The molecule has 1 aliphatic rings. The van der Waals surface area contributed by atoms with Crippen molar-refractivity contribution in [2.75, 3.05) is 36.0 Å². The SMILES string of the molecule is CCn1c(=O)c(C(=O)O)c(N2CCN(c3ccccc3)CC2)c2ccc(C)nc21. The van der Waals surface area contributed by atoms with Crippen LogP contribution in [-0.2, 0) is 6.54 Å². The van der Waals surface area contributed by atoms with E-state index >= 15 is 0 Å². The van der Waals surface area contributed by atoms with Crippen LogP contribution in [0.1, 0.15) is 23.0 Å². The molecule has 7 heteroatoms. The molecule has 0 spiro atoms. The van der Waals surface area contributed by atoms with Gasteiger partial charge in [0.2, 0.25) is 0 Å². The third-order valence-electron chi connectivity index (χ3n) is 5.47. The van der Waals surface area contributed by atoms with E-state index < -0.39 is 11.5 Å². The molecule has 0 amide bonds. The van der Waals surface area contributed by atoms with Crippen LogP contribution in [0.4, 0.5) is 11.4 Å². The van der Waals surface area contributed by atoms with Crippen LogP contribution in [0.5, 0.6) is 0 Å². The van der Waals surface area contributed by atoms with Crippen LogP contribution in [-0.4, -0.2) is 46.8 Å². The number of carbonyl (C=O) groups is 1. The maximum Gasteiger partial charge on any atom is 0.343 e. The number of aromatic carboxylic acids is 1. The largest absolute Gasteiger partial charge is 0.477 e. The van der Waals surface area contributed by atoms with E-state index in [1.807, 2.05) is 49.1 Å². The van der Waals surface area contributed by atoms with Crippen LogP contribution < -0.4 is 15.4 Å². The van der Waals surface area contributed by atoms with Gasteiger partial charge >= 0.3 is 5.97 Å². The van der Waals surface area contributed by atoms with Gasteiger partial charge in [-0.2, -0.15) is 0 Å². The highest BCUT2D eigenvalue weighted by molar-refractivity contribution is 6.04. The molecular formula is C22H24N4O3. The molecule has 0 aliphatic carbocycles. The van der Waals surface area contributed by atoms with Crippen LogP contribution in [0.15, 0.2) is 47.3 Å². The number of nitrogens with zero attached hydrogens (tertiary/aromatic N) is 4. The van der Waals surface area contributed by atoms with E-state index in [0.29, 0.717) is 36.4 Å². The van der Waals surface area contributed by atoms with E-state index in [-0.39, 0.29) is 5.56 Å². The minimum Gasteiger partial charge on any atom is -0.477 e. The first-order valence-corrected chi connectivity index (χ1v) is 9.83. The Kier molecular flexibility index (Phi) is 4.96. The lowest BCUT2D eigenvalue weighted by Gasteiger charge is -2.38. The quantitative estimate of drug-likeness (QED) is 0.736. The Balaban J connectivity index is 1.80. The predicted octanol–water partition coefficient (Wildman–Crippen LogP) is 2.75. The number of piperazine rings is 1. The van der Waals surface area contributed by atoms with Crippen molar-refractivity contribution in [3.63, 3.8) is 0 Å². The number of fused-ring (bicyclic) bond motifs is 1. The highest BCUT2D eigenvalue weighted by Crippen LogP contribution is 2.30. The van der Waals surface area contributed by atoms with Crippen LogP contribution in [0, 0.1) is 6.92 Å². The van der Waals surface area contributed by atoms with Crippen LogP contribution in [0.2, 0.25) is 0 Å². The molecule has 29 heavy (non-hydrogen) atoms. The summed E-state index contributed by atoms with van der Waals surface area (Å²) in [7, 11) is 0. The van der Waals surface area contributed by atoms with Gasteiger partial charge in [-0.1, -0.05) is 18.2 Å². The number of hydrogen-bond donors (Lipinski definition) is 1. The number of carboxylic acids is 1. The van der Waals surface area contributed by atoms with E-state index in [4.69, 9.17) is 0 Å². The van der Waals surface area contributed by atoms with E-state index in [0.717, 1.165) is 24.5 Å². The second-order valence-corrected chi connectivity index (χ2v) is 7.21. The fraction of sp³-hybridized carbons (Fsp3) is 0.318. The maximum atomic E-state index is 13.0. The number of rotatable bonds is 4. The minimum absolute atomic E-state index is 0.168. The summed E-state index contributed by atoms with van der Waals surface area (Å²) >= 11 is 0. The molecule has 3 aromatic rings. The molecule has 2 aromatic heterocycles. The van der Waals surface area contributed by atoms with Crippen molar-refractivity contribution in [1.82, 2.24) is 9.55 Å². The molecule has 1 saturated heterocycles. The molecule has 1 N–H and O–H groups in total. The molecule has 1 fully saturated rings. The van der Waals surface area contributed by atoms with Crippen molar-refractivity contribution >= 4 is 28.4 Å². The molecule has 1 aliphatic heterocycles. The van der Waals surface area contributed by atoms with Crippen LogP contribution in [0.3, 0.4) is 0 Å². The van der Waals surface area contributed by atoms with Crippen LogP contribution in [0.25, 0.3) is 11.0 Å². The summed E-state index contributed by atoms with van der Waals surface area (Å²) in [5, 5.41) is 10.6. The predicted molar refractivity (Wildman–Crippen MR) is 114 cm³/mol. The lowest BCUT2D eigenvalue weighted by molar-refractivity contribution is 0.0695. The Morgan fingerprint density at radius 3 is 2.31 bits per heavy atom. The summed E-state index contributed by atoms with van der Waals surface area (Å²) in [6, 6.07) is 13.9. The number of aryl methyl sites for hydroxylation is 2. The average Bonchev–Trinajstić information content (AvgIpc) is 2.73. The van der Waals surface area contributed by atoms with E-state index in [1.165, 1.54) is 4.57 Å². The monoisotopic (exact) mass is 392 g/mol. The van der Waals surface area contributed by atoms with E-state index in [1.54, 1.807) is 0 Å². The highest BCUT2D eigenvalue weighted by atomic mass is 16.4. The van der Waals surface area contributed by atoms with Gasteiger partial charge in [0.1, 0.15) is 11.2 Å². The number of pyridine rings is 2. The Labute approximate surface area is 168 Å². The molecule has 4 rings (SSSR count). The van der Waals surface area contributed by atoms with Crippen molar-refractivity contribution in [1.29, 1.82) is 0 Å². The van der Waals surface area contributed by atoms with Crippen molar-refractivity contribution in [2.24, 2.45) is 0 Å². The normalized spacial score (nSPS) is 14.4. The number of hydrogen-bond acceptors (Lipinski definition) is 5. The third kappa shape index (κ3) is 3.33. The van der Waals surface area contributed by atoms with Gasteiger partial charge in [0, 0.05) is 49.5 Å². The average molecular weight is 392 g/mol. The van der Waals surface area contributed by atoms with Gasteiger partial charge in [-0.15, -0.1) is 0 Å². The lowest BCUT2D eigenvalue weighted by Crippen LogP contribution is -2.47. The molecular weight excluding hydrogens is 368 g/mol. The molecule has 0 unspecified atom stereocenters. The Hall–Kier alpha value is -3.35. The first-order valence-electron chi connectivity index (χ1n) is 9.83. The Morgan fingerprint density at radius 1 is 1.03 bits per heavy atom. The van der Waals surface area contributed by atoms with E-state index in [2.05, 4.69) is 22.0 Å². The summed E-state index contributed by atoms with van der Waals surface area (Å²) in [4.78, 5) is 33.9. The van der Waals surface area contributed by atoms with Gasteiger partial charge in [-0.25, -0.2) is 9.78 Å². The number of carboxylic acid groups (broad SMARTS) is 1. The molecule has 0 radical (unpaired) electrons. The van der Waals surface area contributed by atoms with Gasteiger partial charge in [0.15, 0.2) is 0 Å². The Bertz CT molecular complexity index is 1120. The maximum absolute atomic E-state index is 13.0. The van der Waals surface area contributed by atoms with E-state index in [9.17, 15) is 14.7 Å². The zero-order valence-corrected chi connectivity index (χ0v) is 16.6. The summed E-state index contributed by atoms with van der Waals surface area (Å²) in [5.41, 5.74) is 2.31. The zero-order chi connectivity index (χ0) is 20.5. The summed E-state index contributed by atoms with van der Waals surface area (Å²) in [6.07, 6.45) is 0. The number of aromatic nitrogens is 2. The molecule has 150 valence electrons. The lowest BCUT2D eigenvalue weighted by atomic mass is 10.1. The van der Waals surface area contributed by atoms with Crippen molar-refractivity contribution in [2.45, 2.75) is 20.4 Å². The smallest absolute Gasteiger partial charge is 0.343 e. The van der Waals surface area contributed by atoms with Crippen LogP contribution >= 0.6 is 0 Å². The number of para-hydroxylation sites is 1.